The molecule has 7 heteroatoms. The van der Waals surface area contributed by atoms with Gasteiger partial charge in [-0.05, 0) is 43.2 Å². The lowest BCUT2D eigenvalue weighted by atomic mass is 9.78. The summed E-state index contributed by atoms with van der Waals surface area (Å²) in [5.74, 6) is -2.10. The van der Waals surface area contributed by atoms with E-state index >= 15 is 0 Å². The van der Waals surface area contributed by atoms with Crippen LogP contribution < -0.4 is 5.32 Å². The third-order valence-electron chi connectivity index (χ3n) is 4.85. The van der Waals surface area contributed by atoms with Crippen molar-refractivity contribution in [2.45, 2.75) is 19.3 Å². The van der Waals surface area contributed by atoms with Crippen LogP contribution in [0.4, 0.5) is 11.4 Å². The number of nitrogens with zero attached hydrogens (tertiary/aromatic N) is 1. The first-order valence-corrected chi connectivity index (χ1v) is 7.25. The number of carboxylic acids is 1. The number of hydrogen-bond donors (Lipinski definition) is 2. The summed E-state index contributed by atoms with van der Waals surface area (Å²) in [7, 11) is 0. The Balaban J connectivity index is 1.73. The van der Waals surface area contributed by atoms with Crippen molar-refractivity contribution in [2.75, 3.05) is 5.32 Å². The highest BCUT2D eigenvalue weighted by molar-refractivity contribution is 5.96. The van der Waals surface area contributed by atoms with Gasteiger partial charge in [-0.25, -0.2) is 0 Å². The fourth-order valence-electron chi connectivity index (χ4n) is 3.92. The molecule has 0 aliphatic heterocycles. The molecule has 1 aromatic rings. The summed E-state index contributed by atoms with van der Waals surface area (Å²) in [4.78, 5) is 33.9. The average molecular weight is 304 g/mol. The van der Waals surface area contributed by atoms with Crippen molar-refractivity contribution in [3.8, 4) is 0 Å². The molecule has 2 aliphatic carbocycles. The molecule has 0 radical (unpaired) electrons. The topological polar surface area (TPSA) is 110 Å². The van der Waals surface area contributed by atoms with E-state index in [-0.39, 0.29) is 23.4 Å². The van der Waals surface area contributed by atoms with Gasteiger partial charge in [-0.3, -0.25) is 19.7 Å². The molecule has 116 valence electrons. The number of anilines is 1. The van der Waals surface area contributed by atoms with Crippen LogP contribution >= 0.6 is 0 Å². The summed E-state index contributed by atoms with van der Waals surface area (Å²) in [6.07, 6.45) is 2.57. The second-order valence-electron chi connectivity index (χ2n) is 6.02. The van der Waals surface area contributed by atoms with Crippen molar-refractivity contribution < 1.29 is 19.6 Å². The molecule has 1 amide bonds. The molecule has 2 N–H and O–H groups in total. The molecule has 0 aromatic heterocycles. The van der Waals surface area contributed by atoms with Gasteiger partial charge < -0.3 is 10.4 Å². The van der Waals surface area contributed by atoms with Crippen molar-refractivity contribution in [2.24, 2.45) is 23.7 Å². The Labute approximate surface area is 126 Å². The molecule has 22 heavy (non-hydrogen) atoms. The standard InChI is InChI=1S/C15H16N2O5/c18-14(16-10-3-5-11(6-4-10)17(21)22)12-8-1-2-9(7-8)13(12)15(19)20/h3-6,8-9,12-13H,1-2,7H2,(H,16,18)(H,19,20)/t8-,9-,12-,13-/m0/s1. The Morgan fingerprint density at radius 1 is 1.14 bits per heavy atom. The number of hydrogen-bond acceptors (Lipinski definition) is 4. The van der Waals surface area contributed by atoms with E-state index in [4.69, 9.17) is 0 Å². The van der Waals surface area contributed by atoms with Gasteiger partial charge >= 0.3 is 5.97 Å². The van der Waals surface area contributed by atoms with Crippen LogP contribution in [0.3, 0.4) is 0 Å². The van der Waals surface area contributed by atoms with Gasteiger partial charge in [0, 0.05) is 17.8 Å². The molecule has 2 aliphatic rings. The highest BCUT2D eigenvalue weighted by Crippen LogP contribution is 2.52. The number of carboxylic acid groups (broad SMARTS) is 1. The fraction of sp³-hybridized carbons (Fsp3) is 0.467. The SMILES string of the molecule is O=C(O)[C@H]1[C@H]2CC[C@@H](C2)[C@@H]1C(=O)Nc1ccc([N+](=O)[O-])cc1. The van der Waals surface area contributed by atoms with Gasteiger partial charge in [0.25, 0.3) is 5.69 Å². The van der Waals surface area contributed by atoms with Gasteiger partial charge in [-0.15, -0.1) is 0 Å². The first kappa shape index (κ1) is 14.5. The van der Waals surface area contributed by atoms with E-state index in [1.54, 1.807) is 0 Å². The summed E-state index contributed by atoms with van der Waals surface area (Å²) < 4.78 is 0. The number of benzene rings is 1. The maximum absolute atomic E-state index is 12.4. The third kappa shape index (κ3) is 2.43. The lowest BCUT2D eigenvalue weighted by molar-refractivity contribution is -0.384. The molecule has 1 aromatic carbocycles. The molecule has 4 atom stereocenters. The quantitative estimate of drug-likeness (QED) is 0.655. The smallest absolute Gasteiger partial charge is 0.307 e. The molecule has 2 bridgehead atoms. The van der Waals surface area contributed by atoms with Gasteiger partial charge in [0.2, 0.25) is 5.91 Å². The molecular weight excluding hydrogens is 288 g/mol. The van der Waals surface area contributed by atoms with Gasteiger partial charge in [0.15, 0.2) is 0 Å². The van der Waals surface area contributed by atoms with Gasteiger partial charge in [0.05, 0.1) is 16.8 Å². The molecular formula is C15H16N2O5. The highest BCUT2D eigenvalue weighted by atomic mass is 16.6. The van der Waals surface area contributed by atoms with Gasteiger partial charge in [-0.2, -0.15) is 0 Å². The van der Waals surface area contributed by atoms with Crippen LogP contribution in [-0.2, 0) is 9.59 Å². The van der Waals surface area contributed by atoms with E-state index in [2.05, 4.69) is 5.32 Å². The van der Waals surface area contributed by atoms with E-state index < -0.39 is 22.7 Å². The summed E-state index contributed by atoms with van der Waals surface area (Å²) in [5, 5.41) is 22.7. The van der Waals surface area contributed by atoms with Crippen molar-refractivity contribution in [3.63, 3.8) is 0 Å². The van der Waals surface area contributed by atoms with Crippen LogP contribution in [0.25, 0.3) is 0 Å². The second kappa shape index (κ2) is 5.40. The number of fused-ring (bicyclic) bond motifs is 2. The van der Waals surface area contributed by atoms with Crippen LogP contribution in [0.1, 0.15) is 19.3 Å². The summed E-state index contributed by atoms with van der Waals surface area (Å²) in [6.45, 7) is 0. The van der Waals surface area contributed by atoms with Crippen LogP contribution in [0.5, 0.6) is 0 Å². The van der Waals surface area contributed by atoms with Crippen molar-refractivity contribution in [1.29, 1.82) is 0 Å². The zero-order valence-electron chi connectivity index (χ0n) is 11.8. The van der Waals surface area contributed by atoms with E-state index in [1.807, 2.05) is 0 Å². The zero-order chi connectivity index (χ0) is 15.9. The van der Waals surface area contributed by atoms with E-state index in [1.165, 1.54) is 24.3 Å². The first-order chi connectivity index (χ1) is 10.5. The fourth-order valence-corrected chi connectivity index (χ4v) is 3.92. The lowest BCUT2D eigenvalue weighted by Crippen LogP contribution is -2.37. The van der Waals surface area contributed by atoms with E-state index in [9.17, 15) is 24.8 Å². The zero-order valence-corrected chi connectivity index (χ0v) is 11.8. The number of non-ortho nitro benzene ring substituents is 1. The minimum Gasteiger partial charge on any atom is -0.481 e. The molecule has 0 spiro atoms. The van der Waals surface area contributed by atoms with Gasteiger partial charge in [0.1, 0.15) is 0 Å². The minimum atomic E-state index is -0.906. The minimum absolute atomic E-state index is 0.0543. The van der Waals surface area contributed by atoms with Crippen LogP contribution in [0.15, 0.2) is 24.3 Å². The van der Waals surface area contributed by atoms with Gasteiger partial charge in [-0.1, -0.05) is 0 Å². The van der Waals surface area contributed by atoms with Crippen molar-refractivity contribution >= 4 is 23.3 Å². The Morgan fingerprint density at radius 2 is 1.73 bits per heavy atom. The summed E-state index contributed by atoms with van der Waals surface area (Å²) in [6, 6.07) is 5.54. The van der Waals surface area contributed by atoms with E-state index in [0.717, 1.165) is 19.3 Å². The summed E-state index contributed by atoms with van der Waals surface area (Å²) in [5.41, 5.74) is 0.392. The number of nitro benzene ring substituents is 1. The molecule has 3 rings (SSSR count). The van der Waals surface area contributed by atoms with Crippen LogP contribution in [-0.4, -0.2) is 21.9 Å². The number of aliphatic carboxylic acids is 1. The molecule has 0 saturated heterocycles. The Kier molecular flexibility index (Phi) is 3.56. The second-order valence-corrected chi connectivity index (χ2v) is 6.02. The van der Waals surface area contributed by atoms with Crippen molar-refractivity contribution in [1.82, 2.24) is 0 Å². The third-order valence-corrected chi connectivity index (χ3v) is 4.85. The number of carbonyl (C=O) groups excluding carboxylic acids is 1. The number of amides is 1. The maximum Gasteiger partial charge on any atom is 0.307 e. The Hall–Kier alpha value is -2.44. The summed E-state index contributed by atoms with van der Waals surface area (Å²) >= 11 is 0. The maximum atomic E-state index is 12.4. The molecule has 2 saturated carbocycles. The van der Waals surface area contributed by atoms with Crippen LogP contribution in [0, 0.1) is 33.8 Å². The van der Waals surface area contributed by atoms with Crippen LogP contribution in [0.2, 0.25) is 0 Å². The molecule has 7 nitrogen and oxygen atoms in total. The monoisotopic (exact) mass is 304 g/mol. The first-order valence-electron chi connectivity index (χ1n) is 7.25. The van der Waals surface area contributed by atoms with Crippen molar-refractivity contribution in [3.05, 3.63) is 34.4 Å². The highest BCUT2D eigenvalue weighted by Gasteiger charge is 2.53. The Bertz CT molecular complexity index is 627. The average Bonchev–Trinajstić information content (AvgIpc) is 3.08. The lowest BCUT2D eigenvalue weighted by Gasteiger charge is -2.27. The predicted molar refractivity (Wildman–Crippen MR) is 77.2 cm³/mol. The number of nitrogens with one attached hydrogen (secondary N) is 1. The largest absolute Gasteiger partial charge is 0.481 e. The molecule has 2 fully saturated rings. The molecule has 0 heterocycles. The number of carbonyl (C=O) groups is 2. The Morgan fingerprint density at radius 3 is 2.27 bits per heavy atom. The molecule has 0 unspecified atom stereocenters. The van der Waals surface area contributed by atoms with E-state index in [0.29, 0.717) is 5.69 Å². The predicted octanol–water partition coefficient (Wildman–Crippen LogP) is 2.28. The number of rotatable bonds is 4. The number of nitro groups is 1. The normalized spacial score (nSPS) is 29.3.